The summed E-state index contributed by atoms with van der Waals surface area (Å²) in [6.07, 6.45) is 2.31. The van der Waals surface area contributed by atoms with Gasteiger partial charge < -0.3 is 10.0 Å². The summed E-state index contributed by atoms with van der Waals surface area (Å²) in [6.45, 7) is 3.91. The Kier molecular flexibility index (Phi) is 5.84. The van der Waals surface area contributed by atoms with Crippen LogP contribution in [0.15, 0.2) is 54.6 Å². The molecule has 1 saturated heterocycles. The fourth-order valence-corrected chi connectivity index (χ4v) is 3.53. The Morgan fingerprint density at radius 1 is 1.04 bits per heavy atom. The summed E-state index contributed by atoms with van der Waals surface area (Å²) >= 11 is 0. The first-order chi connectivity index (χ1) is 12.1. The molecule has 4 heteroatoms. The van der Waals surface area contributed by atoms with Gasteiger partial charge in [-0.05, 0) is 56.2 Å². The number of piperidine rings is 1. The fraction of sp³-hybridized carbons (Fsp3) is 0.381. The van der Waals surface area contributed by atoms with Crippen molar-refractivity contribution in [3.8, 4) is 0 Å². The molecule has 25 heavy (non-hydrogen) atoms. The van der Waals surface area contributed by atoms with E-state index in [2.05, 4.69) is 41.1 Å². The Labute approximate surface area is 149 Å². The first-order valence-corrected chi connectivity index (χ1v) is 8.90. The summed E-state index contributed by atoms with van der Waals surface area (Å²) in [5, 5.41) is 9.24. The molecule has 1 N–H and O–H groups in total. The summed E-state index contributed by atoms with van der Waals surface area (Å²) in [7, 11) is 2.17. The van der Waals surface area contributed by atoms with Gasteiger partial charge in [-0.3, -0.25) is 4.90 Å². The van der Waals surface area contributed by atoms with Crippen molar-refractivity contribution in [2.45, 2.75) is 32.0 Å². The molecule has 0 spiro atoms. The van der Waals surface area contributed by atoms with Crippen molar-refractivity contribution in [3.05, 3.63) is 71.3 Å². The van der Waals surface area contributed by atoms with Gasteiger partial charge in [0.25, 0.3) is 0 Å². The molecule has 0 aromatic heterocycles. The Morgan fingerprint density at radius 3 is 2.36 bits per heavy atom. The maximum absolute atomic E-state index is 11.2. The lowest BCUT2D eigenvalue weighted by Gasteiger charge is -2.37. The van der Waals surface area contributed by atoms with Crippen molar-refractivity contribution in [2.24, 2.45) is 0 Å². The molecular formula is C21H26N2O2. The average molecular weight is 338 g/mol. The number of nitrogens with zero attached hydrogens (tertiary/aromatic N) is 2. The Bertz CT molecular complexity index is 694. The highest BCUT2D eigenvalue weighted by Gasteiger charge is 2.23. The zero-order chi connectivity index (χ0) is 17.6. The minimum Gasteiger partial charge on any atom is -0.478 e. The van der Waals surface area contributed by atoms with Crippen molar-refractivity contribution >= 4 is 5.97 Å². The van der Waals surface area contributed by atoms with E-state index in [1.54, 1.807) is 12.1 Å². The molecule has 2 aromatic carbocycles. The van der Waals surface area contributed by atoms with Crippen LogP contribution in [0.4, 0.5) is 0 Å². The smallest absolute Gasteiger partial charge is 0.335 e. The number of carbonyl (C=O) groups is 1. The van der Waals surface area contributed by atoms with Gasteiger partial charge in [0.15, 0.2) is 0 Å². The van der Waals surface area contributed by atoms with Crippen molar-refractivity contribution < 1.29 is 9.90 Å². The third kappa shape index (κ3) is 4.91. The molecule has 1 heterocycles. The molecular weight excluding hydrogens is 312 g/mol. The van der Waals surface area contributed by atoms with Crippen LogP contribution in [0.3, 0.4) is 0 Å². The fourth-order valence-electron chi connectivity index (χ4n) is 3.53. The van der Waals surface area contributed by atoms with Crippen LogP contribution in [0, 0.1) is 0 Å². The van der Waals surface area contributed by atoms with Gasteiger partial charge >= 0.3 is 5.97 Å². The molecule has 1 aliphatic heterocycles. The number of carboxylic acids is 1. The van der Waals surface area contributed by atoms with Crippen molar-refractivity contribution in [2.75, 3.05) is 20.1 Å². The number of hydrogen-bond acceptors (Lipinski definition) is 3. The number of hydrogen-bond donors (Lipinski definition) is 1. The van der Waals surface area contributed by atoms with Gasteiger partial charge in [0, 0.05) is 19.1 Å². The molecule has 4 nitrogen and oxygen atoms in total. The third-order valence-electron chi connectivity index (χ3n) is 4.99. The maximum Gasteiger partial charge on any atom is 0.335 e. The van der Waals surface area contributed by atoms with Crippen molar-refractivity contribution in [1.29, 1.82) is 0 Å². The number of rotatable bonds is 6. The summed E-state index contributed by atoms with van der Waals surface area (Å²) in [5.41, 5.74) is 2.73. The molecule has 0 saturated carbocycles. The molecule has 0 atom stereocenters. The van der Waals surface area contributed by atoms with Crippen molar-refractivity contribution in [1.82, 2.24) is 9.80 Å². The lowest BCUT2D eigenvalue weighted by molar-refractivity contribution is 0.0696. The largest absolute Gasteiger partial charge is 0.478 e. The van der Waals surface area contributed by atoms with E-state index in [1.807, 2.05) is 18.2 Å². The molecule has 132 valence electrons. The van der Waals surface area contributed by atoms with E-state index in [0.717, 1.165) is 44.6 Å². The minimum atomic E-state index is -0.865. The average Bonchev–Trinajstić information content (AvgIpc) is 2.63. The molecule has 1 fully saturated rings. The van der Waals surface area contributed by atoms with Crippen LogP contribution in [0.25, 0.3) is 0 Å². The lowest BCUT2D eigenvalue weighted by atomic mass is 10.0. The first kappa shape index (κ1) is 17.6. The Hall–Kier alpha value is -2.17. The molecule has 0 radical (unpaired) electrons. The normalized spacial score (nSPS) is 16.2. The third-order valence-corrected chi connectivity index (χ3v) is 4.99. The molecule has 3 rings (SSSR count). The highest BCUT2D eigenvalue weighted by Crippen LogP contribution is 2.21. The SMILES string of the molecule is CN1CCC(N(Cc2ccccc2)Cc2cccc(C(=O)O)c2)CC1. The van der Waals surface area contributed by atoms with Gasteiger partial charge in [0.05, 0.1) is 5.56 Å². The van der Waals surface area contributed by atoms with E-state index in [-0.39, 0.29) is 0 Å². The summed E-state index contributed by atoms with van der Waals surface area (Å²) in [4.78, 5) is 16.1. The zero-order valence-electron chi connectivity index (χ0n) is 14.8. The van der Waals surface area contributed by atoms with Crippen LogP contribution < -0.4 is 0 Å². The maximum atomic E-state index is 11.2. The summed E-state index contributed by atoms with van der Waals surface area (Å²) in [5.74, 6) is -0.865. The molecule has 0 amide bonds. The highest BCUT2D eigenvalue weighted by atomic mass is 16.4. The topological polar surface area (TPSA) is 43.8 Å². The van der Waals surface area contributed by atoms with E-state index in [0.29, 0.717) is 11.6 Å². The highest BCUT2D eigenvalue weighted by molar-refractivity contribution is 5.87. The second kappa shape index (κ2) is 8.28. The van der Waals surface area contributed by atoms with Crippen LogP contribution in [0.5, 0.6) is 0 Å². The molecule has 1 aliphatic rings. The monoisotopic (exact) mass is 338 g/mol. The van der Waals surface area contributed by atoms with Crippen LogP contribution in [0.1, 0.15) is 34.3 Å². The van der Waals surface area contributed by atoms with Gasteiger partial charge in [0.2, 0.25) is 0 Å². The van der Waals surface area contributed by atoms with E-state index < -0.39 is 5.97 Å². The quantitative estimate of drug-likeness (QED) is 0.876. The van der Waals surface area contributed by atoms with Gasteiger partial charge in [-0.25, -0.2) is 4.79 Å². The number of benzene rings is 2. The van der Waals surface area contributed by atoms with Gasteiger partial charge in [-0.2, -0.15) is 0 Å². The van der Waals surface area contributed by atoms with Gasteiger partial charge in [-0.15, -0.1) is 0 Å². The summed E-state index contributed by atoms with van der Waals surface area (Å²) < 4.78 is 0. The molecule has 0 aliphatic carbocycles. The minimum absolute atomic E-state index is 0.362. The van der Waals surface area contributed by atoms with Crippen LogP contribution in [-0.2, 0) is 13.1 Å². The first-order valence-electron chi connectivity index (χ1n) is 8.90. The second-order valence-electron chi connectivity index (χ2n) is 6.93. The lowest BCUT2D eigenvalue weighted by Crippen LogP contribution is -2.43. The Morgan fingerprint density at radius 2 is 1.68 bits per heavy atom. The Balaban J connectivity index is 1.78. The van der Waals surface area contributed by atoms with E-state index in [1.165, 1.54) is 5.56 Å². The van der Waals surface area contributed by atoms with Gasteiger partial charge in [-0.1, -0.05) is 42.5 Å². The predicted molar refractivity (Wildman–Crippen MR) is 99.6 cm³/mol. The number of aromatic carboxylic acids is 1. The molecule has 2 aromatic rings. The van der Waals surface area contributed by atoms with E-state index in [9.17, 15) is 9.90 Å². The van der Waals surface area contributed by atoms with Crippen LogP contribution in [0.2, 0.25) is 0 Å². The van der Waals surface area contributed by atoms with E-state index in [4.69, 9.17) is 0 Å². The summed E-state index contributed by atoms with van der Waals surface area (Å²) in [6, 6.07) is 18.4. The molecule has 0 unspecified atom stereocenters. The van der Waals surface area contributed by atoms with Crippen LogP contribution in [-0.4, -0.2) is 47.1 Å². The van der Waals surface area contributed by atoms with Gasteiger partial charge in [0.1, 0.15) is 0 Å². The zero-order valence-corrected chi connectivity index (χ0v) is 14.8. The number of likely N-dealkylation sites (tertiary alicyclic amines) is 1. The van der Waals surface area contributed by atoms with Crippen LogP contribution >= 0.6 is 0 Å². The van der Waals surface area contributed by atoms with E-state index >= 15 is 0 Å². The standard InChI is InChI=1S/C21H26N2O2/c1-22-12-10-20(11-13-22)23(15-17-6-3-2-4-7-17)16-18-8-5-9-19(14-18)21(24)25/h2-9,14,20H,10-13,15-16H2,1H3,(H,24,25). The number of carboxylic acid groups (broad SMARTS) is 1. The second-order valence-corrected chi connectivity index (χ2v) is 6.93. The molecule has 0 bridgehead atoms. The predicted octanol–water partition coefficient (Wildman–Crippen LogP) is 3.48. The van der Waals surface area contributed by atoms with Crippen molar-refractivity contribution in [3.63, 3.8) is 0 Å².